The van der Waals surface area contributed by atoms with Gasteiger partial charge in [-0.05, 0) is 42.5 Å². The number of aliphatic hydroxyl groups is 1. The van der Waals surface area contributed by atoms with E-state index >= 15 is 0 Å². The molecular formula is C20H21ClN6O5. The van der Waals surface area contributed by atoms with E-state index in [2.05, 4.69) is 15.3 Å². The summed E-state index contributed by atoms with van der Waals surface area (Å²) in [7, 11) is 0. The monoisotopic (exact) mass is 460 g/mol. The Hall–Kier alpha value is -3.67. The van der Waals surface area contributed by atoms with Gasteiger partial charge in [-0.25, -0.2) is 4.79 Å². The Bertz CT molecular complexity index is 1220. The number of ether oxygens (including phenoxy) is 1. The molecule has 0 bridgehead atoms. The maximum absolute atomic E-state index is 12.9. The Balaban J connectivity index is 0.00000289. The van der Waals surface area contributed by atoms with Crippen LogP contribution in [0.2, 0.25) is 0 Å². The molecule has 2 heterocycles. The van der Waals surface area contributed by atoms with E-state index in [1.807, 2.05) is 0 Å². The first kappa shape index (κ1) is 23.0. The third-order valence-corrected chi connectivity index (χ3v) is 4.95. The van der Waals surface area contributed by atoms with Crippen LogP contribution in [0.15, 0.2) is 47.3 Å². The van der Waals surface area contributed by atoms with Crippen molar-refractivity contribution in [2.75, 3.05) is 23.4 Å². The number of morpholine rings is 1. The number of aromatic nitrogens is 2. The van der Waals surface area contributed by atoms with Crippen molar-refractivity contribution < 1.29 is 19.4 Å². The minimum Gasteiger partial charge on any atom is -0.384 e. The van der Waals surface area contributed by atoms with Gasteiger partial charge in [0.05, 0.1) is 17.6 Å². The van der Waals surface area contributed by atoms with Crippen molar-refractivity contribution in [3.63, 3.8) is 0 Å². The van der Waals surface area contributed by atoms with Gasteiger partial charge in [0.25, 0.3) is 11.8 Å². The molecule has 1 aliphatic heterocycles. The van der Waals surface area contributed by atoms with Gasteiger partial charge in [-0.3, -0.25) is 15.0 Å². The second-order valence-electron chi connectivity index (χ2n) is 7.02. The normalized spacial score (nSPS) is 17.0. The third kappa shape index (κ3) is 4.49. The number of amides is 2. The van der Waals surface area contributed by atoms with Gasteiger partial charge in [-0.2, -0.15) is 0 Å². The Morgan fingerprint density at radius 1 is 1.19 bits per heavy atom. The predicted octanol–water partition coefficient (Wildman–Crippen LogP) is 0.293. The van der Waals surface area contributed by atoms with Crippen molar-refractivity contribution in [1.29, 1.82) is 5.41 Å². The molecule has 1 unspecified atom stereocenters. The zero-order valence-electron chi connectivity index (χ0n) is 16.6. The molecule has 0 saturated carbocycles. The highest BCUT2D eigenvalue weighted by Crippen LogP contribution is 2.23. The van der Waals surface area contributed by atoms with Crippen molar-refractivity contribution in [3.8, 4) is 0 Å². The lowest BCUT2D eigenvalue weighted by atomic mass is 10.1. The molecule has 1 aromatic heterocycles. The molecule has 168 valence electrons. The number of nitrogens with zero attached hydrogens (tertiary/aromatic N) is 1. The van der Waals surface area contributed by atoms with Crippen LogP contribution in [0.4, 0.5) is 11.4 Å². The number of nitrogens with one attached hydrogen (secondary N) is 4. The second kappa shape index (κ2) is 9.22. The molecule has 0 spiro atoms. The van der Waals surface area contributed by atoms with Gasteiger partial charge in [0.1, 0.15) is 5.84 Å². The van der Waals surface area contributed by atoms with Crippen LogP contribution in [0.1, 0.15) is 5.56 Å². The maximum Gasteiger partial charge on any atom is 0.323 e. The van der Waals surface area contributed by atoms with E-state index in [-0.39, 0.29) is 37.1 Å². The number of benzene rings is 2. The van der Waals surface area contributed by atoms with Crippen molar-refractivity contribution in [3.05, 3.63) is 58.5 Å². The predicted molar refractivity (Wildman–Crippen MR) is 120 cm³/mol. The number of nitrogens with two attached hydrogens (primary N) is 1. The summed E-state index contributed by atoms with van der Waals surface area (Å²) in [5.41, 5.74) is 7.53. The number of nitrogen functional groups attached to an aromatic ring is 1. The molecular weight excluding hydrogens is 440 g/mol. The Kier molecular flexibility index (Phi) is 6.63. The highest BCUT2D eigenvalue weighted by atomic mass is 35.5. The zero-order valence-corrected chi connectivity index (χ0v) is 17.4. The number of halogens is 1. The summed E-state index contributed by atoms with van der Waals surface area (Å²) >= 11 is 0. The Labute approximate surface area is 187 Å². The van der Waals surface area contributed by atoms with Crippen molar-refractivity contribution in [2.24, 2.45) is 5.73 Å². The summed E-state index contributed by atoms with van der Waals surface area (Å²) in [5, 5.41) is 20.4. The van der Waals surface area contributed by atoms with Gasteiger partial charge in [-0.15, -0.1) is 12.4 Å². The van der Waals surface area contributed by atoms with E-state index in [9.17, 15) is 19.5 Å². The van der Waals surface area contributed by atoms with Crippen LogP contribution < -0.4 is 21.6 Å². The minimum atomic E-state index is -1.74. The number of carbonyl (C=O) groups excluding carboxylic acids is 2. The number of amidine groups is 1. The highest BCUT2D eigenvalue weighted by Gasteiger charge is 2.39. The fourth-order valence-corrected chi connectivity index (χ4v) is 3.36. The molecule has 32 heavy (non-hydrogen) atoms. The van der Waals surface area contributed by atoms with Gasteiger partial charge < -0.3 is 35.8 Å². The molecule has 1 aliphatic rings. The number of carbonyl (C=O) groups is 2. The fourth-order valence-electron chi connectivity index (χ4n) is 3.36. The van der Waals surface area contributed by atoms with E-state index in [4.69, 9.17) is 15.9 Å². The molecule has 0 aliphatic carbocycles. The molecule has 11 nitrogen and oxygen atoms in total. The van der Waals surface area contributed by atoms with Crippen LogP contribution in [0.3, 0.4) is 0 Å². The first-order chi connectivity index (χ1) is 14.8. The number of fused-ring (bicyclic) bond motifs is 1. The van der Waals surface area contributed by atoms with Crippen molar-refractivity contribution >= 4 is 52.5 Å². The van der Waals surface area contributed by atoms with Gasteiger partial charge in [0.15, 0.2) is 12.2 Å². The molecule has 2 aromatic carbocycles. The van der Waals surface area contributed by atoms with E-state index in [0.717, 1.165) is 0 Å². The molecule has 2 amide bonds. The van der Waals surface area contributed by atoms with E-state index in [1.54, 1.807) is 30.3 Å². The molecule has 0 radical (unpaired) electrons. The standard InChI is InChI=1S/C20H20N6O5.ClH/c21-17(22)10-1-3-11(4-2-10)23-18(28)15(27)16-19(29)26(7-8-31-16)12-5-6-13-14(9-12)25-20(30)24-13;/h1-6,9,15-16,27H,7-8H2,(H3,21,22)(H,23,28)(H2,24,25,30);1H/t15?,16-;/m1./s1. The Morgan fingerprint density at radius 3 is 2.56 bits per heavy atom. The average Bonchev–Trinajstić information content (AvgIpc) is 3.13. The maximum atomic E-state index is 12.9. The number of imidazole rings is 1. The van der Waals surface area contributed by atoms with E-state index < -0.39 is 24.0 Å². The number of aliphatic hydroxyl groups excluding tert-OH is 1. The molecule has 12 heteroatoms. The van der Waals surface area contributed by atoms with Gasteiger partial charge in [-0.1, -0.05) is 0 Å². The zero-order chi connectivity index (χ0) is 22.1. The van der Waals surface area contributed by atoms with Crippen molar-refractivity contribution in [1.82, 2.24) is 9.97 Å². The summed E-state index contributed by atoms with van der Waals surface area (Å²) in [6, 6.07) is 11.1. The number of H-pyrrole nitrogens is 2. The topological polar surface area (TPSA) is 177 Å². The number of hydrogen-bond donors (Lipinski definition) is 6. The van der Waals surface area contributed by atoms with Crippen molar-refractivity contribution in [2.45, 2.75) is 12.2 Å². The summed E-state index contributed by atoms with van der Waals surface area (Å²) < 4.78 is 5.39. The smallest absolute Gasteiger partial charge is 0.323 e. The Morgan fingerprint density at radius 2 is 1.88 bits per heavy atom. The first-order valence-electron chi connectivity index (χ1n) is 9.42. The van der Waals surface area contributed by atoms with Crippen LogP contribution in [-0.2, 0) is 14.3 Å². The lowest BCUT2D eigenvalue weighted by Crippen LogP contribution is -2.55. The number of rotatable bonds is 5. The molecule has 1 fully saturated rings. The molecule has 7 N–H and O–H groups in total. The van der Waals surface area contributed by atoms with Crippen LogP contribution in [0, 0.1) is 5.41 Å². The van der Waals surface area contributed by atoms with Gasteiger partial charge in [0.2, 0.25) is 0 Å². The summed E-state index contributed by atoms with van der Waals surface area (Å²) in [5.74, 6) is -1.49. The number of anilines is 2. The quantitative estimate of drug-likeness (QED) is 0.235. The minimum absolute atomic E-state index is 0. The molecule has 2 atom stereocenters. The third-order valence-electron chi connectivity index (χ3n) is 4.95. The first-order valence-corrected chi connectivity index (χ1v) is 9.42. The van der Waals surface area contributed by atoms with Crippen LogP contribution in [0.25, 0.3) is 11.0 Å². The van der Waals surface area contributed by atoms with Crippen LogP contribution in [-0.4, -0.2) is 58.1 Å². The second-order valence-corrected chi connectivity index (χ2v) is 7.02. The SMILES string of the molecule is Cl.N=C(N)c1ccc(NC(=O)C(O)[C@H]2OCCN(c3ccc4[nH]c(=O)[nH]c4c3)C2=O)cc1. The lowest BCUT2D eigenvalue weighted by molar-refractivity contribution is -0.150. The summed E-state index contributed by atoms with van der Waals surface area (Å²) in [6.07, 6.45) is -3.12. The molecule has 4 rings (SSSR count). The number of hydrogen-bond acceptors (Lipinski definition) is 6. The van der Waals surface area contributed by atoms with Gasteiger partial charge >= 0.3 is 5.69 Å². The fraction of sp³-hybridized carbons (Fsp3) is 0.200. The average molecular weight is 461 g/mol. The van der Waals surface area contributed by atoms with Gasteiger partial charge in [0, 0.05) is 23.5 Å². The largest absolute Gasteiger partial charge is 0.384 e. The number of aromatic amines is 2. The van der Waals surface area contributed by atoms with E-state index in [1.165, 1.54) is 17.0 Å². The van der Waals surface area contributed by atoms with E-state index in [0.29, 0.717) is 28.0 Å². The molecule has 1 saturated heterocycles. The van der Waals surface area contributed by atoms with Crippen LogP contribution in [0.5, 0.6) is 0 Å². The highest BCUT2D eigenvalue weighted by molar-refractivity contribution is 6.04. The summed E-state index contributed by atoms with van der Waals surface area (Å²) in [4.78, 5) is 43.5. The lowest BCUT2D eigenvalue weighted by Gasteiger charge is -2.34. The molecule has 3 aromatic rings. The van der Waals surface area contributed by atoms with Crippen LogP contribution >= 0.6 is 12.4 Å². The summed E-state index contributed by atoms with van der Waals surface area (Å²) in [6.45, 7) is 0.353.